The van der Waals surface area contributed by atoms with Gasteiger partial charge in [0, 0.05) is 19.6 Å². The number of benzene rings is 1. The van der Waals surface area contributed by atoms with Crippen LogP contribution >= 0.6 is 0 Å². The van der Waals surface area contributed by atoms with Crippen LogP contribution in [0.5, 0.6) is 0 Å². The molecule has 1 aliphatic heterocycles. The van der Waals surface area contributed by atoms with E-state index in [4.69, 9.17) is 0 Å². The lowest BCUT2D eigenvalue weighted by atomic mass is 9.99. The van der Waals surface area contributed by atoms with Crippen molar-refractivity contribution >= 4 is 15.9 Å². The maximum atomic E-state index is 12.9. The molecular formula is C17H26N2O3S. The van der Waals surface area contributed by atoms with E-state index in [0.717, 1.165) is 24.0 Å². The van der Waals surface area contributed by atoms with Gasteiger partial charge in [0.15, 0.2) is 0 Å². The van der Waals surface area contributed by atoms with Crippen molar-refractivity contribution in [3.05, 3.63) is 29.3 Å². The fourth-order valence-electron chi connectivity index (χ4n) is 2.89. The topological polar surface area (TPSA) is 66.5 Å². The Balaban J connectivity index is 2.19. The summed E-state index contributed by atoms with van der Waals surface area (Å²) in [5.74, 6) is -0.289. The third kappa shape index (κ3) is 4.12. The summed E-state index contributed by atoms with van der Waals surface area (Å²) < 4.78 is 27.3. The van der Waals surface area contributed by atoms with Crippen molar-refractivity contribution in [2.75, 3.05) is 19.6 Å². The van der Waals surface area contributed by atoms with Crippen LogP contribution < -0.4 is 5.32 Å². The summed E-state index contributed by atoms with van der Waals surface area (Å²) >= 11 is 0. The van der Waals surface area contributed by atoms with Gasteiger partial charge in [-0.3, -0.25) is 4.79 Å². The minimum absolute atomic E-state index is 0.0345. The van der Waals surface area contributed by atoms with Gasteiger partial charge in [-0.15, -0.1) is 0 Å². The van der Waals surface area contributed by atoms with Crippen LogP contribution in [0, 0.1) is 19.8 Å². The lowest BCUT2D eigenvalue weighted by Crippen LogP contribution is -2.45. The number of aryl methyl sites for hydroxylation is 2. The molecule has 1 atom stereocenters. The van der Waals surface area contributed by atoms with Gasteiger partial charge in [0.05, 0.1) is 10.8 Å². The van der Waals surface area contributed by atoms with Gasteiger partial charge in [0.1, 0.15) is 0 Å². The van der Waals surface area contributed by atoms with Gasteiger partial charge in [-0.2, -0.15) is 4.31 Å². The first-order chi connectivity index (χ1) is 10.9. The second-order valence-electron chi connectivity index (χ2n) is 6.26. The second-order valence-corrected chi connectivity index (χ2v) is 8.17. The van der Waals surface area contributed by atoms with E-state index in [0.29, 0.717) is 24.4 Å². The number of nitrogens with zero attached hydrogens (tertiary/aromatic N) is 1. The van der Waals surface area contributed by atoms with E-state index in [2.05, 4.69) is 5.32 Å². The van der Waals surface area contributed by atoms with Crippen LogP contribution in [-0.2, 0) is 14.8 Å². The highest BCUT2D eigenvalue weighted by Gasteiger charge is 2.33. The zero-order valence-electron chi connectivity index (χ0n) is 14.1. The SMILES string of the molecule is CCCNC(=O)[C@@H]1CCCN(S(=O)(=O)c2cc(C)ccc2C)C1. The first-order valence-electron chi connectivity index (χ1n) is 8.21. The highest BCUT2D eigenvalue weighted by molar-refractivity contribution is 7.89. The van der Waals surface area contributed by atoms with Gasteiger partial charge in [0.25, 0.3) is 0 Å². The number of amides is 1. The van der Waals surface area contributed by atoms with Gasteiger partial charge in [0.2, 0.25) is 15.9 Å². The Labute approximate surface area is 139 Å². The Morgan fingerprint density at radius 1 is 1.35 bits per heavy atom. The van der Waals surface area contributed by atoms with Crippen molar-refractivity contribution < 1.29 is 13.2 Å². The Morgan fingerprint density at radius 3 is 2.78 bits per heavy atom. The third-order valence-corrected chi connectivity index (χ3v) is 6.27. The summed E-state index contributed by atoms with van der Waals surface area (Å²) in [6, 6.07) is 5.45. The molecule has 1 amide bonds. The lowest BCUT2D eigenvalue weighted by Gasteiger charge is -2.31. The van der Waals surface area contributed by atoms with Crippen molar-refractivity contribution in [3.8, 4) is 0 Å². The molecule has 6 heteroatoms. The maximum absolute atomic E-state index is 12.9. The first-order valence-corrected chi connectivity index (χ1v) is 9.65. The van der Waals surface area contributed by atoms with E-state index in [1.165, 1.54) is 4.31 Å². The van der Waals surface area contributed by atoms with E-state index >= 15 is 0 Å². The molecule has 1 N–H and O–H groups in total. The molecule has 0 aliphatic carbocycles. The zero-order valence-corrected chi connectivity index (χ0v) is 14.9. The van der Waals surface area contributed by atoms with E-state index in [1.54, 1.807) is 6.07 Å². The molecule has 5 nitrogen and oxygen atoms in total. The molecule has 1 fully saturated rings. The number of carbonyl (C=O) groups is 1. The molecule has 2 rings (SSSR count). The van der Waals surface area contributed by atoms with Crippen LogP contribution in [0.15, 0.2) is 23.1 Å². The fourth-order valence-corrected chi connectivity index (χ4v) is 4.73. The number of hydrogen-bond donors (Lipinski definition) is 1. The molecule has 128 valence electrons. The van der Waals surface area contributed by atoms with Crippen molar-refractivity contribution in [1.29, 1.82) is 0 Å². The Hall–Kier alpha value is -1.40. The molecule has 1 aliphatic rings. The fraction of sp³-hybridized carbons (Fsp3) is 0.588. The smallest absolute Gasteiger partial charge is 0.243 e. The predicted octanol–water partition coefficient (Wildman–Crippen LogP) is 2.23. The van der Waals surface area contributed by atoms with Gasteiger partial charge in [-0.1, -0.05) is 19.1 Å². The molecule has 1 saturated heterocycles. The largest absolute Gasteiger partial charge is 0.356 e. The van der Waals surface area contributed by atoms with Crippen LogP contribution in [0.3, 0.4) is 0 Å². The normalized spacial score (nSPS) is 19.5. The summed E-state index contributed by atoms with van der Waals surface area (Å²) in [7, 11) is -3.55. The van der Waals surface area contributed by atoms with Gasteiger partial charge < -0.3 is 5.32 Å². The minimum Gasteiger partial charge on any atom is -0.356 e. The van der Waals surface area contributed by atoms with Crippen molar-refractivity contribution in [2.45, 2.75) is 44.9 Å². The van der Waals surface area contributed by atoms with Crippen LogP contribution in [0.1, 0.15) is 37.3 Å². The van der Waals surface area contributed by atoms with E-state index in [1.807, 2.05) is 32.9 Å². The molecule has 1 heterocycles. The third-order valence-electron chi connectivity index (χ3n) is 4.27. The monoisotopic (exact) mass is 338 g/mol. The van der Waals surface area contributed by atoms with Gasteiger partial charge >= 0.3 is 0 Å². The standard InChI is InChI=1S/C17H26N2O3S/c1-4-9-18-17(20)15-6-5-10-19(12-15)23(21,22)16-11-13(2)7-8-14(16)3/h7-8,11,15H,4-6,9-10,12H2,1-3H3,(H,18,20)/t15-/m1/s1. The predicted molar refractivity (Wildman–Crippen MR) is 90.7 cm³/mol. The highest BCUT2D eigenvalue weighted by atomic mass is 32.2. The van der Waals surface area contributed by atoms with Crippen LogP contribution in [-0.4, -0.2) is 38.3 Å². The maximum Gasteiger partial charge on any atom is 0.243 e. The molecule has 1 aromatic rings. The van der Waals surface area contributed by atoms with E-state index in [-0.39, 0.29) is 18.4 Å². The number of sulfonamides is 1. The Bertz CT molecular complexity index is 670. The van der Waals surface area contributed by atoms with Crippen molar-refractivity contribution in [3.63, 3.8) is 0 Å². The number of rotatable bonds is 5. The molecule has 1 aromatic carbocycles. The quantitative estimate of drug-likeness (QED) is 0.895. The number of piperidine rings is 1. The molecule has 0 unspecified atom stereocenters. The van der Waals surface area contributed by atoms with Crippen molar-refractivity contribution in [1.82, 2.24) is 9.62 Å². The van der Waals surface area contributed by atoms with Gasteiger partial charge in [-0.05, 0) is 50.3 Å². The van der Waals surface area contributed by atoms with Crippen LogP contribution in [0.4, 0.5) is 0 Å². The summed E-state index contributed by atoms with van der Waals surface area (Å²) in [6.45, 7) is 7.08. The molecule has 0 aromatic heterocycles. The van der Waals surface area contributed by atoms with Gasteiger partial charge in [-0.25, -0.2) is 8.42 Å². The first kappa shape index (κ1) is 17.9. The zero-order chi connectivity index (χ0) is 17.0. The number of carbonyl (C=O) groups excluding carboxylic acids is 1. The minimum atomic E-state index is -3.55. The molecular weight excluding hydrogens is 312 g/mol. The van der Waals surface area contributed by atoms with Crippen molar-refractivity contribution in [2.24, 2.45) is 5.92 Å². The molecule has 0 radical (unpaired) electrons. The summed E-state index contributed by atoms with van der Waals surface area (Å²) in [5.41, 5.74) is 1.66. The Morgan fingerprint density at radius 2 is 2.09 bits per heavy atom. The average molecular weight is 338 g/mol. The van der Waals surface area contributed by atoms with Crippen LogP contribution in [0.2, 0.25) is 0 Å². The van der Waals surface area contributed by atoms with E-state index in [9.17, 15) is 13.2 Å². The average Bonchev–Trinajstić information content (AvgIpc) is 2.54. The molecule has 0 bridgehead atoms. The molecule has 23 heavy (non-hydrogen) atoms. The summed E-state index contributed by atoms with van der Waals surface area (Å²) in [5, 5.41) is 2.87. The number of hydrogen-bond acceptors (Lipinski definition) is 3. The summed E-state index contributed by atoms with van der Waals surface area (Å²) in [4.78, 5) is 12.5. The molecule has 0 saturated carbocycles. The second kappa shape index (κ2) is 7.45. The number of nitrogens with one attached hydrogen (secondary N) is 1. The van der Waals surface area contributed by atoms with Crippen LogP contribution in [0.25, 0.3) is 0 Å². The van der Waals surface area contributed by atoms with E-state index < -0.39 is 10.0 Å². The molecule has 0 spiro atoms. The highest BCUT2D eigenvalue weighted by Crippen LogP contribution is 2.26. The summed E-state index contributed by atoms with van der Waals surface area (Å²) in [6.07, 6.45) is 2.34. The Kier molecular flexibility index (Phi) is 5.81. The lowest BCUT2D eigenvalue weighted by molar-refractivity contribution is -0.126.